The fraction of sp³-hybridized carbons (Fsp3) is 0.278. The summed E-state index contributed by atoms with van der Waals surface area (Å²) in [5.74, 6) is -5.50. The van der Waals surface area contributed by atoms with Crippen LogP contribution in [0, 0.1) is 24.4 Å². The van der Waals surface area contributed by atoms with E-state index in [-0.39, 0.29) is 10.5 Å². The molecule has 0 saturated carbocycles. The van der Waals surface area contributed by atoms with Gasteiger partial charge in [-0.3, -0.25) is 4.79 Å². The summed E-state index contributed by atoms with van der Waals surface area (Å²) in [6, 6.07) is 5.44. The predicted molar refractivity (Wildman–Crippen MR) is 95.5 cm³/mol. The molecule has 0 bridgehead atoms. The Hall–Kier alpha value is -2.39. The van der Waals surface area contributed by atoms with Gasteiger partial charge in [0.25, 0.3) is 5.91 Å². The van der Waals surface area contributed by atoms with Crippen LogP contribution in [0.4, 0.5) is 18.9 Å². The number of benzene rings is 2. The summed E-state index contributed by atoms with van der Waals surface area (Å²) in [5.41, 5.74) is -0.915. The van der Waals surface area contributed by atoms with Gasteiger partial charge in [-0.2, -0.15) is 0 Å². The predicted octanol–water partition coefficient (Wildman–Crippen LogP) is 3.74. The third kappa shape index (κ3) is 4.86. The van der Waals surface area contributed by atoms with E-state index in [1.165, 1.54) is 12.1 Å². The fourth-order valence-corrected chi connectivity index (χ4v) is 3.73. The number of anilines is 1. The molecular formula is C18H19F3N2O3S. The first kappa shape index (κ1) is 20.9. The Morgan fingerprint density at radius 3 is 2.22 bits per heavy atom. The number of carbonyl (C=O) groups excluding carboxylic acids is 1. The number of hydrogen-bond donors (Lipinski definition) is 2. The van der Waals surface area contributed by atoms with E-state index in [4.69, 9.17) is 0 Å². The zero-order chi connectivity index (χ0) is 20.6. The van der Waals surface area contributed by atoms with E-state index >= 15 is 0 Å². The highest BCUT2D eigenvalue weighted by Gasteiger charge is 2.24. The molecule has 2 aromatic carbocycles. The summed E-state index contributed by atoms with van der Waals surface area (Å²) < 4.78 is 67.4. The molecule has 0 saturated heterocycles. The zero-order valence-electron chi connectivity index (χ0n) is 15.2. The molecule has 0 unspecified atom stereocenters. The largest absolute Gasteiger partial charge is 0.319 e. The number of hydrogen-bond acceptors (Lipinski definition) is 3. The molecule has 0 fully saturated rings. The molecule has 2 rings (SSSR count). The second kappa shape index (κ2) is 7.32. The molecule has 0 atom stereocenters. The monoisotopic (exact) mass is 400 g/mol. The first-order valence-corrected chi connectivity index (χ1v) is 9.39. The molecule has 9 heteroatoms. The van der Waals surface area contributed by atoms with Gasteiger partial charge in [0.15, 0.2) is 17.5 Å². The topological polar surface area (TPSA) is 75.3 Å². The summed E-state index contributed by atoms with van der Waals surface area (Å²) in [4.78, 5) is 12.3. The van der Waals surface area contributed by atoms with Gasteiger partial charge in [-0.05, 0) is 57.5 Å². The first-order chi connectivity index (χ1) is 12.3. The standard InChI is InChI=1S/C18H19F3N2O3S/c1-10-5-6-11(27(25,26)23-18(2,3)4)9-12(10)17(24)22-14-8-7-13(19)15(20)16(14)21/h5-9,23H,1-4H3,(H,22,24). The van der Waals surface area contributed by atoms with Gasteiger partial charge in [-0.25, -0.2) is 26.3 Å². The van der Waals surface area contributed by atoms with Crippen LogP contribution in [0.5, 0.6) is 0 Å². The highest BCUT2D eigenvalue weighted by molar-refractivity contribution is 7.89. The van der Waals surface area contributed by atoms with Crippen LogP contribution < -0.4 is 10.0 Å². The van der Waals surface area contributed by atoms with E-state index in [0.29, 0.717) is 11.6 Å². The van der Waals surface area contributed by atoms with E-state index in [1.54, 1.807) is 27.7 Å². The number of rotatable bonds is 4. The van der Waals surface area contributed by atoms with Crippen molar-refractivity contribution in [3.8, 4) is 0 Å². The molecule has 0 aliphatic heterocycles. The maximum absolute atomic E-state index is 13.8. The lowest BCUT2D eigenvalue weighted by atomic mass is 10.1. The average molecular weight is 400 g/mol. The number of aryl methyl sites for hydroxylation is 1. The second-order valence-corrected chi connectivity index (χ2v) is 8.69. The Morgan fingerprint density at radius 2 is 1.63 bits per heavy atom. The molecular weight excluding hydrogens is 381 g/mol. The number of nitrogens with one attached hydrogen (secondary N) is 2. The van der Waals surface area contributed by atoms with Gasteiger partial charge in [-0.15, -0.1) is 0 Å². The Bertz CT molecular complexity index is 1000. The van der Waals surface area contributed by atoms with Gasteiger partial charge in [0.2, 0.25) is 10.0 Å². The normalized spacial score (nSPS) is 12.1. The van der Waals surface area contributed by atoms with Gasteiger partial charge in [0, 0.05) is 11.1 Å². The van der Waals surface area contributed by atoms with E-state index in [9.17, 15) is 26.4 Å². The SMILES string of the molecule is Cc1ccc(S(=O)(=O)NC(C)(C)C)cc1C(=O)Nc1ccc(F)c(F)c1F. The highest BCUT2D eigenvalue weighted by Crippen LogP contribution is 2.22. The Labute approximate surface area is 155 Å². The third-order valence-corrected chi connectivity index (χ3v) is 5.24. The van der Waals surface area contributed by atoms with Crippen molar-refractivity contribution in [1.82, 2.24) is 4.72 Å². The summed E-state index contributed by atoms with van der Waals surface area (Å²) >= 11 is 0. The summed E-state index contributed by atoms with van der Waals surface area (Å²) in [5, 5.41) is 2.13. The number of sulfonamides is 1. The summed E-state index contributed by atoms with van der Waals surface area (Å²) in [7, 11) is -3.90. The van der Waals surface area contributed by atoms with Crippen molar-refractivity contribution in [1.29, 1.82) is 0 Å². The Kier molecular flexibility index (Phi) is 5.67. The van der Waals surface area contributed by atoms with Crippen molar-refractivity contribution in [2.24, 2.45) is 0 Å². The number of amides is 1. The Morgan fingerprint density at radius 1 is 1.00 bits per heavy atom. The molecule has 5 nitrogen and oxygen atoms in total. The van der Waals surface area contributed by atoms with Crippen LogP contribution in [0.3, 0.4) is 0 Å². The lowest BCUT2D eigenvalue weighted by molar-refractivity contribution is 0.102. The lowest BCUT2D eigenvalue weighted by Gasteiger charge is -2.20. The van der Waals surface area contributed by atoms with Gasteiger partial charge < -0.3 is 5.32 Å². The van der Waals surface area contributed by atoms with E-state index in [0.717, 1.165) is 12.1 Å². The molecule has 0 aliphatic rings. The Balaban J connectivity index is 2.39. The van der Waals surface area contributed by atoms with Crippen LogP contribution in [0.15, 0.2) is 35.2 Å². The van der Waals surface area contributed by atoms with Crippen LogP contribution in [0.1, 0.15) is 36.7 Å². The van der Waals surface area contributed by atoms with Gasteiger partial charge >= 0.3 is 0 Å². The van der Waals surface area contributed by atoms with Crippen LogP contribution in [-0.4, -0.2) is 19.9 Å². The van der Waals surface area contributed by atoms with Crippen molar-refractivity contribution < 1.29 is 26.4 Å². The second-order valence-electron chi connectivity index (χ2n) is 7.01. The molecule has 0 spiro atoms. The summed E-state index contributed by atoms with van der Waals surface area (Å²) in [6.07, 6.45) is 0. The molecule has 0 aromatic heterocycles. The average Bonchev–Trinajstić information content (AvgIpc) is 2.53. The van der Waals surface area contributed by atoms with Crippen molar-refractivity contribution in [3.05, 3.63) is 58.9 Å². The van der Waals surface area contributed by atoms with Crippen molar-refractivity contribution in [3.63, 3.8) is 0 Å². The van der Waals surface area contributed by atoms with Crippen LogP contribution >= 0.6 is 0 Å². The molecule has 0 heterocycles. The van der Waals surface area contributed by atoms with Crippen molar-refractivity contribution in [2.45, 2.75) is 38.1 Å². The molecule has 0 aliphatic carbocycles. The van der Waals surface area contributed by atoms with Gasteiger partial charge in [0.1, 0.15) is 0 Å². The van der Waals surface area contributed by atoms with Gasteiger partial charge in [-0.1, -0.05) is 6.07 Å². The lowest BCUT2D eigenvalue weighted by Crippen LogP contribution is -2.40. The maximum atomic E-state index is 13.8. The van der Waals surface area contributed by atoms with E-state index < -0.39 is 44.6 Å². The molecule has 0 radical (unpaired) electrons. The van der Waals surface area contributed by atoms with Crippen molar-refractivity contribution >= 4 is 21.6 Å². The van der Waals surface area contributed by atoms with E-state index in [2.05, 4.69) is 10.0 Å². The van der Waals surface area contributed by atoms with Crippen LogP contribution in [-0.2, 0) is 10.0 Å². The van der Waals surface area contributed by atoms with E-state index in [1.807, 2.05) is 0 Å². The minimum atomic E-state index is -3.90. The number of halogens is 3. The molecule has 1 amide bonds. The molecule has 146 valence electrons. The van der Waals surface area contributed by atoms with Gasteiger partial charge in [0.05, 0.1) is 10.6 Å². The molecule has 27 heavy (non-hydrogen) atoms. The smallest absolute Gasteiger partial charge is 0.256 e. The first-order valence-electron chi connectivity index (χ1n) is 7.91. The zero-order valence-corrected chi connectivity index (χ0v) is 16.0. The van der Waals surface area contributed by atoms with Crippen LogP contribution in [0.25, 0.3) is 0 Å². The highest BCUT2D eigenvalue weighted by atomic mass is 32.2. The minimum Gasteiger partial charge on any atom is -0.319 e. The summed E-state index contributed by atoms with van der Waals surface area (Å²) in [6.45, 7) is 6.55. The van der Waals surface area contributed by atoms with Crippen molar-refractivity contribution in [2.75, 3.05) is 5.32 Å². The number of carbonyl (C=O) groups is 1. The third-order valence-electron chi connectivity index (χ3n) is 3.49. The fourth-order valence-electron chi connectivity index (χ4n) is 2.29. The molecule has 2 N–H and O–H groups in total. The quantitative estimate of drug-likeness (QED) is 0.768. The molecule has 2 aromatic rings. The maximum Gasteiger partial charge on any atom is 0.256 e. The minimum absolute atomic E-state index is 0.0454. The van der Waals surface area contributed by atoms with Crippen LogP contribution in [0.2, 0.25) is 0 Å².